The molecule has 2 heterocycles. The molecule has 82 valence electrons. The fourth-order valence-corrected chi connectivity index (χ4v) is 1.82. The molecule has 15 heavy (non-hydrogen) atoms. The van der Waals surface area contributed by atoms with Crippen LogP contribution in [0.4, 0.5) is 0 Å². The summed E-state index contributed by atoms with van der Waals surface area (Å²) in [5.41, 5.74) is 0. The summed E-state index contributed by atoms with van der Waals surface area (Å²) >= 11 is 0. The minimum atomic E-state index is 0.0386. The SMILES string of the molecule is CC1CC(C(=O)Cc2ncnn2C)CO1. The van der Waals surface area contributed by atoms with E-state index in [0.29, 0.717) is 13.0 Å². The summed E-state index contributed by atoms with van der Waals surface area (Å²) in [6.45, 7) is 2.55. The Morgan fingerprint density at radius 1 is 1.73 bits per heavy atom. The maximum atomic E-state index is 11.8. The van der Waals surface area contributed by atoms with Gasteiger partial charge in [-0.05, 0) is 13.3 Å². The van der Waals surface area contributed by atoms with Crippen LogP contribution in [0.2, 0.25) is 0 Å². The molecule has 5 heteroatoms. The molecular formula is C10H15N3O2. The number of hydrogen-bond acceptors (Lipinski definition) is 4. The minimum Gasteiger partial charge on any atom is -0.378 e. The molecule has 1 aromatic heterocycles. The molecule has 2 atom stereocenters. The Morgan fingerprint density at radius 2 is 2.53 bits per heavy atom. The van der Waals surface area contributed by atoms with Gasteiger partial charge in [0.15, 0.2) is 0 Å². The second-order valence-electron chi connectivity index (χ2n) is 4.02. The Morgan fingerprint density at radius 3 is 3.07 bits per heavy atom. The third-order valence-electron chi connectivity index (χ3n) is 2.79. The zero-order valence-electron chi connectivity index (χ0n) is 9.01. The monoisotopic (exact) mass is 209 g/mol. The lowest BCUT2D eigenvalue weighted by Crippen LogP contribution is -2.19. The van der Waals surface area contributed by atoms with Crippen molar-refractivity contribution in [1.82, 2.24) is 14.8 Å². The van der Waals surface area contributed by atoms with Gasteiger partial charge < -0.3 is 4.74 Å². The average Bonchev–Trinajstić information content (AvgIpc) is 2.77. The maximum absolute atomic E-state index is 11.8. The molecule has 1 saturated heterocycles. The van der Waals surface area contributed by atoms with Crippen LogP contribution >= 0.6 is 0 Å². The summed E-state index contributed by atoms with van der Waals surface area (Å²) in [5.74, 6) is 0.965. The van der Waals surface area contributed by atoms with Gasteiger partial charge in [-0.1, -0.05) is 0 Å². The first-order valence-corrected chi connectivity index (χ1v) is 5.14. The smallest absolute Gasteiger partial charge is 0.145 e. The lowest BCUT2D eigenvalue weighted by atomic mass is 9.99. The van der Waals surface area contributed by atoms with E-state index in [1.807, 2.05) is 6.92 Å². The fourth-order valence-electron chi connectivity index (χ4n) is 1.82. The van der Waals surface area contributed by atoms with Gasteiger partial charge in [0.2, 0.25) is 0 Å². The Bertz CT molecular complexity index is 361. The number of nitrogens with zero attached hydrogens (tertiary/aromatic N) is 3. The largest absolute Gasteiger partial charge is 0.378 e. The number of carbonyl (C=O) groups excluding carboxylic acids is 1. The first-order chi connectivity index (χ1) is 7.16. The number of hydrogen-bond donors (Lipinski definition) is 0. The maximum Gasteiger partial charge on any atom is 0.145 e. The molecule has 0 bridgehead atoms. The highest BCUT2D eigenvalue weighted by Gasteiger charge is 2.28. The predicted molar refractivity (Wildman–Crippen MR) is 53.2 cm³/mol. The number of carbonyl (C=O) groups is 1. The number of aromatic nitrogens is 3. The molecule has 1 aliphatic heterocycles. The number of Topliss-reactive ketones (excluding diaryl/α,β-unsaturated/α-hetero) is 1. The van der Waals surface area contributed by atoms with Gasteiger partial charge in [-0.2, -0.15) is 5.10 Å². The fraction of sp³-hybridized carbons (Fsp3) is 0.700. The zero-order valence-corrected chi connectivity index (χ0v) is 9.01. The van der Waals surface area contributed by atoms with Crippen molar-refractivity contribution in [2.24, 2.45) is 13.0 Å². The Kier molecular flexibility index (Phi) is 2.81. The molecule has 0 N–H and O–H groups in total. The van der Waals surface area contributed by atoms with Gasteiger partial charge in [0.05, 0.1) is 19.1 Å². The first kappa shape index (κ1) is 10.3. The minimum absolute atomic E-state index is 0.0386. The number of ether oxygens (including phenoxy) is 1. The number of aryl methyl sites for hydroxylation is 1. The normalized spacial score (nSPS) is 25.7. The quantitative estimate of drug-likeness (QED) is 0.721. The highest BCUT2D eigenvalue weighted by Crippen LogP contribution is 2.20. The van der Waals surface area contributed by atoms with Crippen LogP contribution in [0.3, 0.4) is 0 Å². The van der Waals surface area contributed by atoms with Crippen molar-refractivity contribution in [3.8, 4) is 0 Å². The van der Waals surface area contributed by atoms with E-state index >= 15 is 0 Å². The summed E-state index contributed by atoms with van der Waals surface area (Å²) in [6, 6.07) is 0. The van der Waals surface area contributed by atoms with Crippen LogP contribution in [-0.2, 0) is 23.0 Å². The Labute approximate surface area is 88.4 Å². The molecule has 0 aromatic carbocycles. The van der Waals surface area contributed by atoms with Crippen LogP contribution in [0.5, 0.6) is 0 Å². The van der Waals surface area contributed by atoms with E-state index in [9.17, 15) is 4.79 Å². The molecule has 0 radical (unpaired) electrons. The molecule has 0 spiro atoms. The number of rotatable bonds is 3. The lowest BCUT2D eigenvalue weighted by Gasteiger charge is -2.05. The molecule has 5 nitrogen and oxygen atoms in total. The summed E-state index contributed by atoms with van der Waals surface area (Å²) < 4.78 is 7.01. The van der Waals surface area contributed by atoms with Gasteiger partial charge in [-0.15, -0.1) is 0 Å². The van der Waals surface area contributed by atoms with E-state index in [0.717, 1.165) is 12.2 Å². The van der Waals surface area contributed by atoms with Gasteiger partial charge in [0.1, 0.15) is 17.9 Å². The van der Waals surface area contributed by atoms with Gasteiger partial charge >= 0.3 is 0 Å². The second-order valence-corrected chi connectivity index (χ2v) is 4.02. The van der Waals surface area contributed by atoms with E-state index in [1.54, 1.807) is 11.7 Å². The van der Waals surface area contributed by atoms with Crippen molar-refractivity contribution in [2.75, 3.05) is 6.61 Å². The molecule has 1 aromatic rings. The average molecular weight is 209 g/mol. The molecule has 2 unspecified atom stereocenters. The van der Waals surface area contributed by atoms with Gasteiger partial charge in [0.25, 0.3) is 0 Å². The van der Waals surface area contributed by atoms with Crippen LogP contribution in [0, 0.1) is 5.92 Å². The highest BCUT2D eigenvalue weighted by molar-refractivity contribution is 5.83. The molecule has 1 fully saturated rings. The molecule has 0 amide bonds. The predicted octanol–water partition coefficient (Wildman–Crippen LogP) is 0.352. The van der Waals surface area contributed by atoms with Crippen LogP contribution < -0.4 is 0 Å². The molecular weight excluding hydrogens is 194 g/mol. The second kappa shape index (κ2) is 4.10. The summed E-state index contributed by atoms with van der Waals surface area (Å²) in [4.78, 5) is 15.9. The highest BCUT2D eigenvalue weighted by atomic mass is 16.5. The van der Waals surface area contributed by atoms with Crippen LogP contribution in [-0.4, -0.2) is 33.3 Å². The first-order valence-electron chi connectivity index (χ1n) is 5.14. The van der Waals surface area contributed by atoms with Crippen LogP contribution in [0.15, 0.2) is 6.33 Å². The van der Waals surface area contributed by atoms with Crippen molar-refractivity contribution >= 4 is 5.78 Å². The molecule has 0 aliphatic carbocycles. The van der Waals surface area contributed by atoms with Crippen molar-refractivity contribution in [1.29, 1.82) is 0 Å². The van der Waals surface area contributed by atoms with Crippen molar-refractivity contribution < 1.29 is 9.53 Å². The van der Waals surface area contributed by atoms with E-state index in [-0.39, 0.29) is 17.8 Å². The molecule has 1 aliphatic rings. The Hall–Kier alpha value is -1.23. The van der Waals surface area contributed by atoms with Crippen molar-refractivity contribution in [3.63, 3.8) is 0 Å². The Balaban J connectivity index is 1.95. The van der Waals surface area contributed by atoms with Crippen molar-refractivity contribution in [2.45, 2.75) is 25.9 Å². The van der Waals surface area contributed by atoms with E-state index < -0.39 is 0 Å². The van der Waals surface area contributed by atoms with E-state index in [1.165, 1.54) is 6.33 Å². The third kappa shape index (κ3) is 2.23. The molecule has 0 saturated carbocycles. The summed E-state index contributed by atoms with van der Waals surface area (Å²) in [5, 5.41) is 3.93. The van der Waals surface area contributed by atoms with Crippen LogP contribution in [0.25, 0.3) is 0 Å². The van der Waals surface area contributed by atoms with E-state index in [2.05, 4.69) is 10.1 Å². The summed E-state index contributed by atoms with van der Waals surface area (Å²) in [7, 11) is 1.80. The van der Waals surface area contributed by atoms with Gasteiger partial charge in [-0.3, -0.25) is 9.48 Å². The lowest BCUT2D eigenvalue weighted by molar-refractivity contribution is -0.122. The topological polar surface area (TPSA) is 57.0 Å². The number of ketones is 1. The zero-order chi connectivity index (χ0) is 10.8. The van der Waals surface area contributed by atoms with Crippen LogP contribution in [0.1, 0.15) is 19.2 Å². The van der Waals surface area contributed by atoms with Gasteiger partial charge in [0, 0.05) is 13.0 Å². The standard InChI is InChI=1S/C10H15N3O2/c1-7-3-8(5-15-7)9(14)4-10-11-6-12-13(10)2/h6-8H,3-5H2,1-2H3. The molecule has 2 rings (SSSR count). The van der Waals surface area contributed by atoms with Gasteiger partial charge in [-0.25, -0.2) is 4.98 Å². The van der Waals surface area contributed by atoms with Crippen molar-refractivity contribution in [3.05, 3.63) is 12.2 Å². The van der Waals surface area contributed by atoms with E-state index in [4.69, 9.17) is 4.74 Å². The summed E-state index contributed by atoms with van der Waals surface area (Å²) in [6.07, 6.45) is 2.86. The third-order valence-corrected chi connectivity index (χ3v) is 2.79.